The Kier molecular flexibility index (Phi) is 7.80. The van der Waals surface area contributed by atoms with Crippen molar-refractivity contribution in [1.82, 2.24) is 4.98 Å². The van der Waals surface area contributed by atoms with Crippen LogP contribution in [0.4, 0.5) is 5.82 Å². The van der Waals surface area contributed by atoms with Crippen LogP contribution in [-0.4, -0.2) is 39.2 Å². The highest BCUT2D eigenvalue weighted by atomic mass is 32.2. The maximum absolute atomic E-state index is 12.8. The smallest absolute Gasteiger partial charge is 0.233 e. The fourth-order valence-corrected chi connectivity index (χ4v) is 4.63. The zero-order chi connectivity index (χ0) is 23.1. The molecular formula is C25H30N2O5S. The van der Waals surface area contributed by atoms with Gasteiger partial charge in [-0.05, 0) is 43.4 Å². The molecule has 8 heteroatoms. The number of aryl methyl sites for hydroxylation is 1. The number of aromatic nitrogens is 1. The minimum Gasteiger partial charge on any atom is -0.439 e. The fourth-order valence-electron chi connectivity index (χ4n) is 3.79. The van der Waals surface area contributed by atoms with Gasteiger partial charge in [0.25, 0.3) is 0 Å². The summed E-state index contributed by atoms with van der Waals surface area (Å²) in [5, 5.41) is 0. The van der Waals surface area contributed by atoms with Gasteiger partial charge in [-0.1, -0.05) is 48.5 Å². The molecule has 1 unspecified atom stereocenters. The summed E-state index contributed by atoms with van der Waals surface area (Å²) in [6.45, 7) is 1.42. The predicted molar refractivity (Wildman–Crippen MR) is 127 cm³/mol. The van der Waals surface area contributed by atoms with Gasteiger partial charge in [-0.3, -0.25) is 0 Å². The quantitative estimate of drug-likeness (QED) is 0.397. The van der Waals surface area contributed by atoms with E-state index in [0.717, 1.165) is 37.0 Å². The average Bonchev–Trinajstić information content (AvgIpc) is 3.25. The summed E-state index contributed by atoms with van der Waals surface area (Å²) in [5.41, 5.74) is 1.67. The molecule has 3 aromatic rings. The molecule has 1 fully saturated rings. The summed E-state index contributed by atoms with van der Waals surface area (Å²) < 4.78 is 44.4. The number of nitrogens with zero attached hydrogens (tertiary/aromatic N) is 2. The Bertz CT molecular complexity index is 1110. The van der Waals surface area contributed by atoms with Crippen molar-refractivity contribution < 1.29 is 22.3 Å². The lowest BCUT2D eigenvalue weighted by Crippen LogP contribution is -2.30. The number of anilines is 1. The Morgan fingerprint density at radius 3 is 2.45 bits per heavy atom. The second kappa shape index (κ2) is 11.0. The highest BCUT2D eigenvalue weighted by molar-refractivity contribution is 7.92. The van der Waals surface area contributed by atoms with Crippen molar-refractivity contribution in [2.75, 3.05) is 23.8 Å². The first-order chi connectivity index (χ1) is 16.0. The minimum atomic E-state index is -3.60. The first kappa shape index (κ1) is 23.5. The molecule has 2 aromatic carbocycles. The van der Waals surface area contributed by atoms with Crippen LogP contribution in [0.5, 0.6) is 0 Å². The van der Waals surface area contributed by atoms with E-state index >= 15 is 0 Å². The van der Waals surface area contributed by atoms with E-state index in [-0.39, 0.29) is 12.8 Å². The van der Waals surface area contributed by atoms with Gasteiger partial charge in [0.15, 0.2) is 12.1 Å². The number of benzene rings is 2. The zero-order valence-corrected chi connectivity index (χ0v) is 19.7. The Hall–Kier alpha value is -2.68. The van der Waals surface area contributed by atoms with Crippen LogP contribution >= 0.6 is 0 Å². The molecular weight excluding hydrogens is 440 g/mol. The van der Waals surface area contributed by atoms with Gasteiger partial charge in [0.2, 0.25) is 15.9 Å². The third-order valence-corrected chi connectivity index (χ3v) is 6.60. The van der Waals surface area contributed by atoms with Gasteiger partial charge in [-0.2, -0.15) is 4.98 Å². The predicted octanol–water partition coefficient (Wildman–Crippen LogP) is 4.78. The molecule has 7 nitrogen and oxygen atoms in total. The molecule has 0 amide bonds. The molecule has 0 N–H and O–H groups in total. The van der Waals surface area contributed by atoms with E-state index < -0.39 is 10.0 Å². The Labute approximate surface area is 195 Å². The molecule has 0 bridgehead atoms. The van der Waals surface area contributed by atoms with Gasteiger partial charge in [0, 0.05) is 18.6 Å². The van der Waals surface area contributed by atoms with Crippen molar-refractivity contribution in [3.05, 3.63) is 72.0 Å². The van der Waals surface area contributed by atoms with E-state index in [2.05, 4.69) is 4.98 Å². The first-order valence-corrected chi connectivity index (χ1v) is 13.2. The van der Waals surface area contributed by atoms with Gasteiger partial charge in [-0.25, -0.2) is 12.7 Å². The standard InChI is InChI=1S/C25H30N2O5S/c1-33(28,29)27(19-20-11-4-2-5-12-20)24-22(15-10-18-31-23-16-8-9-17-30-23)32-25(26-24)21-13-6-3-7-14-21/h2-7,11-14,23H,8-10,15-19H2,1H3. The minimum absolute atomic E-state index is 0.154. The third-order valence-electron chi connectivity index (χ3n) is 5.49. The Balaban J connectivity index is 1.57. The number of ether oxygens (including phenoxy) is 2. The molecule has 1 aliphatic heterocycles. The number of sulfonamides is 1. The largest absolute Gasteiger partial charge is 0.439 e. The van der Waals surface area contributed by atoms with Crippen molar-refractivity contribution in [3.63, 3.8) is 0 Å². The summed E-state index contributed by atoms with van der Waals surface area (Å²) in [6.07, 6.45) is 5.30. The number of hydrogen-bond donors (Lipinski definition) is 0. The van der Waals surface area contributed by atoms with Crippen LogP contribution in [0.25, 0.3) is 11.5 Å². The lowest BCUT2D eigenvalue weighted by molar-refractivity contribution is -0.162. The summed E-state index contributed by atoms with van der Waals surface area (Å²) >= 11 is 0. The summed E-state index contributed by atoms with van der Waals surface area (Å²) in [5.74, 6) is 1.26. The van der Waals surface area contributed by atoms with Gasteiger partial charge in [0.1, 0.15) is 5.76 Å². The molecule has 0 saturated carbocycles. The number of rotatable bonds is 10. The van der Waals surface area contributed by atoms with E-state index in [9.17, 15) is 8.42 Å². The molecule has 33 heavy (non-hydrogen) atoms. The summed E-state index contributed by atoms with van der Waals surface area (Å²) in [7, 11) is -3.60. The summed E-state index contributed by atoms with van der Waals surface area (Å²) in [4.78, 5) is 4.63. The molecule has 1 aliphatic rings. The van der Waals surface area contributed by atoms with Gasteiger partial charge in [0.05, 0.1) is 19.4 Å². The van der Waals surface area contributed by atoms with E-state index in [1.54, 1.807) is 0 Å². The van der Waals surface area contributed by atoms with Crippen molar-refractivity contribution in [2.24, 2.45) is 0 Å². The maximum atomic E-state index is 12.8. The van der Waals surface area contributed by atoms with E-state index in [1.807, 2.05) is 60.7 Å². The van der Waals surface area contributed by atoms with Crippen LogP contribution in [0, 0.1) is 0 Å². The molecule has 2 heterocycles. The molecule has 1 aromatic heterocycles. The van der Waals surface area contributed by atoms with Crippen LogP contribution in [0.1, 0.15) is 37.0 Å². The van der Waals surface area contributed by atoms with Crippen LogP contribution in [0.2, 0.25) is 0 Å². The lowest BCUT2D eigenvalue weighted by atomic mass is 10.2. The third kappa shape index (κ3) is 6.43. The topological polar surface area (TPSA) is 81.9 Å². The molecule has 4 rings (SSSR count). The van der Waals surface area contributed by atoms with E-state index in [4.69, 9.17) is 13.9 Å². The molecule has 0 radical (unpaired) electrons. The van der Waals surface area contributed by atoms with Crippen molar-refractivity contribution in [3.8, 4) is 11.5 Å². The lowest BCUT2D eigenvalue weighted by Gasteiger charge is -2.23. The average molecular weight is 471 g/mol. The van der Waals surface area contributed by atoms with Crippen LogP contribution < -0.4 is 4.31 Å². The Morgan fingerprint density at radius 1 is 1.06 bits per heavy atom. The fraction of sp³-hybridized carbons (Fsp3) is 0.400. The molecule has 1 saturated heterocycles. The second-order valence-corrected chi connectivity index (χ2v) is 10.1. The molecule has 1 atom stereocenters. The van der Waals surface area contributed by atoms with Gasteiger partial charge >= 0.3 is 0 Å². The summed E-state index contributed by atoms with van der Waals surface area (Å²) in [6, 6.07) is 19.0. The normalized spacial score (nSPS) is 16.6. The first-order valence-electron chi connectivity index (χ1n) is 11.3. The SMILES string of the molecule is CS(=O)(=O)N(Cc1ccccc1)c1nc(-c2ccccc2)oc1CCCOC1CCCCO1. The highest BCUT2D eigenvalue weighted by Crippen LogP contribution is 2.31. The maximum Gasteiger partial charge on any atom is 0.233 e. The molecule has 176 valence electrons. The van der Waals surface area contributed by atoms with E-state index in [1.165, 1.54) is 10.6 Å². The van der Waals surface area contributed by atoms with Crippen molar-refractivity contribution in [2.45, 2.75) is 44.9 Å². The van der Waals surface area contributed by atoms with Gasteiger partial charge in [-0.15, -0.1) is 0 Å². The molecule has 0 aliphatic carbocycles. The van der Waals surface area contributed by atoms with Crippen molar-refractivity contribution >= 4 is 15.8 Å². The van der Waals surface area contributed by atoms with Crippen LogP contribution in [0.3, 0.4) is 0 Å². The monoisotopic (exact) mass is 470 g/mol. The van der Waals surface area contributed by atoms with Crippen LogP contribution in [-0.2, 0) is 32.5 Å². The Morgan fingerprint density at radius 2 is 1.79 bits per heavy atom. The van der Waals surface area contributed by atoms with Crippen LogP contribution in [0.15, 0.2) is 65.1 Å². The molecule has 0 spiro atoms. The van der Waals surface area contributed by atoms with E-state index in [0.29, 0.717) is 36.9 Å². The van der Waals surface area contributed by atoms with Gasteiger partial charge < -0.3 is 13.9 Å². The van der Waals surface area contributed by atoms with Crippen molar-refractivity contribution in [1.29, 1.82) is 0 Å². The number of oxazole rings is 1. The highest BCUT2D eigenvalue weighted by Gasteiger charge is 2.27. The zero-order valence-electron chi connectivity index (χ0n) is 18.9. The number of hydrogen-bond acceptors (Lipinski definition) is 6. The second-order valence-electron chi connectivity index (χ2n) is 8.16.